The fraction of sp³-hybridized carbons (Fsp3) is 0.688. The molecule has 5 atom stereocenters. The first-order valence-corrected chi connectivity index (χ1v) is 15.0. The van der Waals surface area contributed by atoms with Gasteiger partial charge < -0.3 is 19.4 Å². The number of aromatic nitrogens is 1. The van der Waals surface area contributed by atoms with Gasteiger partial charge in [-0.3, -0.25) is 9.59 Å². The Bertz CT molecular complexity index is 1210. The van der Waals surface area contributed by atoms with E-state index in [1.165, 1.54) is 37.3 Å². The van der Waals surface area contributed by atoms with E-state index in [4.69, 9.17) is 9.47 Å². The van der Waals surface area contributed by atoms with Gasteiger partial charge in [0, 0.05) is 23.5 Å². The highest BCUT2D eigenvalue weighted by molar-refractivity contribution is 5.86. The van der Waals surface area contributed by atoms with Crippen molar-refractivity contribution in [1.82, 2.24) is 9.88 Å². The van der Waals surface area contributed by atoms with Crippen LogP contribution in [0.1, 0.15) is 75.7 Å². The summed E-state index contributed by atoms with van der Waals surface area (Å²) < 4.78 is 12.1. The third-order valence-electron chi connectivity index (χ3n) is 11.4. The number of likely N-dealkylation sites (tertiary alicyclic amines) is 1. The highest BCUT2D eigenvalue weighted by Crippen LogP contribution is 2.61. The van der Waals surface area contributed by atoms with Crippen LogP contribution in [0.3, 0.4) is 0 Å². The Morgan fingerprint density at radius 3 is 2.39 bits per heavy atom. The summed E-state index contributed by atoms with van der Waals surface area (Å²) in [6.07, 6.45) is 8.95. The van der Waals surface area contributed by atoms with Crippen LogP contribution < -0.4 is 0 Å². The van der Waals surface area contributed by atoms with Gasteiger partial charge in [0.1, 0.15) is 6.10 Å². The molecule has 1 aromatic heterocycles. The maximum atomic E-state index is 14.2. The number of H-pyrrole nitrogens is 1. The quantitative estimate of drug-likeness (QED) is 0.529. The lowest BCUT2D eigenvalue weighted by Crippen LogP contribution is -2.56. The molecule has 0 spiro atoms. The van der Waals surface area contributed by atoms with Crippen molar-refractivity contribution in [2.24, 2.45) is 40.9 Å². The summed E-state index contributed by atoms with van der Waals surface area (Å²) in [5.41, 5.74) is 3.02. The second-order valence-electron chi connectivity index (χ2n) is 13.5. The van der Waals surface area contributed by atoms with Crippen molar-refractivity contribution in [1.29, 1.82) is 0 Å². The van der Waals surface area contributed by atoms with E-state index < -0.39 is 0 Å². The van der Waals surface area contributed by atoms with Crippen LogP contribution in [-0.4, -0.2) is 48.6 Å². The van der Waals surface area contributed by atoms with E-state index >= 15 is 0 Å². The van der Waals surface area contributed by atoms with E-state index in [1.54, 1.807) is 0 Å². The summed E-state index contributed by atoms with van der Waals surface area (Å²) in [7, 11) is 3.67. The Hall–Kier alpha value is -2.34. The van der Waals surface area contributed by atoms with Crippen LogP contribution in [0.25, 0.3) is 10.9 Å². The smallest absolute Gasteiger partial charge is 0.312 e. The molecule has 1 N–H and O–H groups in total. The molecule has 0 amide bonds. The Labute approximate surface area is 225 Å². The van der Waals surface area contributed by atoms with Crippen LogP contribution in [0.15, 0.2) is 24.3 Å². The van der Waals surface area contributed by atoms with Crippen molar-refractivity contribution in [3.05, 3.63) is 35.5 Å². The van der Waals surface area contributed by atoms with E-state index in [0.717, 1.165) is 49.9 Å². The Morgan fingerprint density at radius 1 is 1.05 bits per heavy atom. The van der Waals surface area contributed by atoms with Crippen molar-refractivity contribution in [3.8, 4) is 0 Å². The van der Waals surface area contributed by atoms with Gasteiger partial charge in [0.25, 0.3) is 0 Å². The Balaban J connectivity index is 1.31. The lowest BCUT2D eigenvalue weighted by molar-refractivity contribution is -0.180. The van der Waals surface area contributed by atoms with Crippen molar-refractivity contribution >= 4 is 22.8 Å². The number of aromatic amines is 1. The van der Waals surface area contributed by atoms with Crippen LogP contribution >= 0.6 is 0 Å². The van der Waals surface area contributed by atoms with Crippen LogP contribution in [0.4, 0.5) is 0 Å². The topological polar surface area (TPSA) is 71.6 Å². The molecule has 4 saturated carbocycles. The number of likely N-dealkylation sites (N-methyl/N-ethyl adjacent to an activating group) is 1. The monoisotopic (exact) mass is 518 g/mol. The molecule has 8 rings (SSSR count). The van der Waals surface area contributed by atoms with Crippen LogP contribution in [0, 0.1) is 40.9 Å². The number of rotatable bonds is 4. The number of para-hydroxylation sites is 1. The average molecular weight is 519 g/mol. The number of methoxy groups -OCH3 is 1. The molecule has 2 heterocycles. The fourth-order valence-electron chi connectivity index (χ4n) is 10.0. The molecule has 0 radical (unpaired) electrons. The number of piperidine rings is 1. The first kappa shape index (κ1) is 24.7. The number of nitrogens with one attached hydrogen (secondary N) is 1. The first-order valence-electron chi connectivity index (χ1n) is 15.0. The number of carbonyl (C=O) groups excluding carboxylic acids is 2. The standard InChI is InChI=1S/C32H42N2O4/c1-4-21-17-34(2)26-12-24-22-7-5-6-8-25(22)33-29(24)27(13-23(21)28(26)30(35)37-3)38-31(36)32-14-18-9-19(15-32)11-20(10-18)16-32/h5-8,18-21,23,26-28,33H,4,9-17H2,1-3H3/t18?,19?,20?,21-,23-,26+,27+,28+,32?/m1/s1. The average Bonchev–Trinajstić information content (AvgIpc) is 3.25. The summed E-state index contributed by atoms with van der Waals surface area (Å²) in [5, 5.41) is 1.17. The molecule has 6 heteroatoms. The number of nitrogens with zero attached hydrogens (tertiary/aromatic N) is 1. The van der Waals surface area contributed by atoms with E-state index in [-0.39, 0.29) is 41.3 Å². The summed E-state index contributed by atoms with van der Waals surface area (Å²) >= 11 is 0. The first-order chi connectivity index (χ1) is 18.4. The van der Waals surface area contributed by atoms with E-state index in [2.05, 4.69) is 48.1 Å². The van der Waals surface area contributed by atoms with Gasteiger partial charge in [0.2, 0.25) is 0 Å². The molecule has 6 bridgehead atoms. The lowest BCUT2D eigenvalue weighted by atomic mass is 9.49. The van der Waals surface area contributed by atoms with Gasteiger partial charge in [-0.25, -0.2) is 0 Å². The van der Waals surface area contributed by atoms with Crippen molar-refractivity contribution in [3.63, 3.8) is 0 Å². The highest BCUT2D eigenvalue weighted by Gasteiger charge is 2.56. The summed E-state index contributed by atoms with van der Waals surface area (Å²) in [6, 6.07) is 8.46. The molecule has 1 aromatic carbocycles. The zero-order chi connectivity index (χ0) is 26.2. The Kier molecular flexibility index (Phi) is 5.92. The van der Waals surface area contributed by atoms with Gasteiger partial charge in [-0.2, -0.15) is 0 Å². The number of benzene rings is 1. The van der Waals surface area contributed by atoms with Gasteiger partial charge in [-0.15, -0.1) is 0 Å². The van der Waals surface area contributed by atoms with Gasteiger partial charge in [0.05, 0.1) is 24.1 Å². The molecule has 1 saturated heterocycles. The molecule has 5 aliphatic carbocycles. The zero-order valence-corrected chi connectivity index (χ0v) is 23.1. The molecular formula is C32H42N2O4. The molecule has 1 aliphatic heterocycles. The minimum Gasteiger partial charge on any atom is -0.469 e. The fourth-order valence-corrected chi connectivity index (χ4v) is 10.0. The van der Waals surface area contributed by atoms with Gasteiger partial charge >= 0.3 is 11.9 Å². The predicted molar refractivity (Wildman–Crippen MR) is 145 cm³/mol. The predicted octanol–water partition coefficient (Wildman–Crippen LogP) is 5.66. The number of hydrogen-bond donors (Lipinski definition) is 1. The molecule has 0 unspecified atom stereocenters. The summed E-state index contributed by atoms with van der Waals surface area (Å²) in [4.78, 5) is 33.6. The third-order valence-corrected chi connectivity index (χ3v) is 11.4. The maximum absolute atomic E-state index is 14.2. The number of hydrogen-bond acceptors (Lipinski definition) is 5. The van der Waals surface area contributed by atoms with Gasteiger partial charge in [-0.05, 0) is 99.6 Å². The molecule has 5 fully saturated rings. The lowest BCUT2D eigenvalue weighted by Gasteiger charge is -2.55. The number of ether oxygens (including phenoxy) is 2. The SMILES string of the molecule is CC[C@@H]1CN(C)[C@H]2Cc3c([nH]c4ccccc34)[C@@H](OC(=O)C34CC5CC(CC(C5)C3)C4)C[C@H]1[C@@H]2C(=O)OC. The molecule has 6 nitrogen and oxygen atoms in total. The van der Waals surface area contributed by atoms with E-state index in [0.29, 0.717) is 30.1 Å². The summed E-state index contributed by atoms with van der Waals surface area (Å²) in [5.74, 6) is 2.21. The molecule has 2 aromatic rings. The summed E-state index contributed by atoms with van der Waals surface area (Å²) in [6.45, 7) is 3.17. The largest absolute Gasteiger partial charge is 0.469 e. The van der Waals surface area contributed by atoms with E-state index in [1.807, 2.05) is 0 Å². The minimum atomic E-state index is -0.367. The normalized spacial score (nSPS) is 39.9. The number of esters is 2. The minimum absolute atomic E-state index is 0.0268. The van der Waals surface area contributed by atoms with Gasteiger partial charge in [-0.1, -0.05) is 31.5 Å². The second-order valence-corrected chi connectivity index (χ2v) is 13.5. The molecule has 6 aliphatic rings. The van der Waals surface area contributed by atoms with Crippen LogP contribution in [-0.2, 0) is 25.5 Å². The maximum Gasteiger partial charge on any atom is 0.312 e. The molecule has 38 heavy (non-hydrogen) atoms. The van der Waals surface area contributed by atoms with E-state index in [9.17, 15) is 9.59 Å². The molecular weight excluding hydrogens is 476 g/mol. The number of carbonyl (C=O) groups is 2. The highest BCUT2D eigenvalue weighted by atomic mass is 16.5. The zero-order valence-electron chi connectivity index (χ0n) is 23.1. The second kappa shape index (κ2) is 9.11. The van der Waals surface area contributed by atoms with Crippen LogP contribution in [0.2, 0.25) is 0 Å². The third kappa shape index (κ3) is 3.76. The van der Waals surface area contributed by atoms with Crippen LogP contribution in [0.5, 0.6) is 0 Å². The molecule has 204 valence electrons. The number of fused-ring (bicyclic) bond motifs is 5. The van der Waals surface area contributed by atoms with Crippen molar-refractivity contribution in [2.45, 2.75) is 76.9 Å². The van der Waals surface area contributed by atoms with Crippen molar-refractivity contribution in [2.75, 3.05) is 20.7 Å². The van der Waals surface area contributed by atoms with Gasteiger partial charge in [0.15, 0.2) is 0 Å². The Morgan fingerprint density at radius 2 is 1.74 bits per heavy atom. The van der Waals surface area contributed by atoms with Crippen molar-refractivity contribution < 1.29 is 19.1 Å².